The van der Waals surface area contributed by atoms with Crippen molar-refractivity contribution >= 4 is 227 Å². The number of ketones is 4. The Bertz CT molecular complexity index is 5380. The molecule has 0 atom stereocenters. The molecular formula is C75H62AlBr3Cl4N8O26SSn. The van der Waals surface area contributed by atoms with Crippen LogP contribution in [0.1, 0.15) is 112 Å². The molecular weight excluding hydrogens is 1990 g/mol. The molecule has 10 aromatic rings. The molecule has 1 aliphatic rings. The molecule has 0 spiro atoms. The maximum absolute atomic E-state index is 12.7. The maximum atomic E-state index is 12.7. The van der Waals surface area contributed by atoms with E-state index in [0.29, 0.717) is 34.4 Å². The molecule has 34 nitrogen and oxygen atoms in total. The number of nitro groups is 6. The average Bonchev–Trinajstić information content (AvgIpc) is 0.844. The van der Waals surface area contributed by atoms with E-state index < -0.39 is 91.7 Å². The van der Waals surface area contributed by atoms with Crippen molar-refractivity contribution in [2.24, 2.45) is 0 Å². The second-order valence-electron chi connectivity index (χ2n) is 22.4. The minimum atomic E-state index is -4.67. The second kappa shape index (κ2) is 51.3. The molecule has 0 saturated carbocycles. The van der Waals surface area contributed by atoms with Gasteiger partial charge in [-0.15, -0.1) is 0 Å². The third-order valence-electron chi connectivity index (χ3n) is 14.6. The van der Waals surface area contributed by atoms with E-state index >= 15 is 0 Å². The number of esters is 2. The van der Waals surface area contributed by atoms with Crippen LogP contribution < -0.4 is 11.1 Å². The summed E-state index contributed by atoms with van der Waals surface area (Å²) >= 11 is 13.0. The first-order valence-electron chi connectivity index (χ1n) is 32.3. The number of carbonyl (C=O) groups is 8. The van der Waals surface area contributed by atoms with Crippen LogP contribution in [0.15, 0.2) is 244 Å². The molecule has 0 aliphatic carbocycles. The van der Waals surface area contributed by atoms with Crippen LogP contribution in [-0.4, -0.2) is 142 Å². The van der Waals surface area contributed by atoms with Gasteiger partial charge in [0.05, 0.1) is 59.2 Å². The van der Waals surface area contributed by atoms with Crippen LogP contribution in [0.2, 0.25) is 0 Å². The molecule has 119 heavy (non-hydrogen) atoms. The average molecular weight is 2050 g/mol. The topological polar surface area (TPSA) is 527 Å². The molecule has 1 amide bonds. The van der Waals surface area contributed by atoms with E-state index in [-0.39, 0.29) is 128 Å². The zero-order chi connectivity index (χ0) is 87.6. The van der Waals surface area contributed by atoms with E-state index in [4.69, 9.17) is 74.5 Å². The Labute approximate surface area is 739 Å². The summed E-state index contributed by atoms with van der Waals surface area (Å²) in [4.78, 5) is 156. The van der Waals surface area contributed by atoms with Gasteiger partial charge in [-0.05, 0) is 180 Å². The molecule has 620 valence electrons. The van der Waals surface area contributed by atoms with E-state index in [0.717, 1.165) is 50.5 Å². The number of halogens is 7. The predicted molar refractivity (Wildman–Crippen MR) is 457 cm³/mol. The number of hydrogen-bond donors (Lipinski definition) is 4. The van der Waals surface area contributed by atoms with Gasteiger partial charge in [0.1, 0.15) is 0 Å². The van der Waals surface area contributed by atoms with Crippen LogP contribution in [0.5, 0.6) is 0 Å². The first kappa shape index (κ1) is 104. The second-order valence-corrected chi connectivity index (χ2v) is 32.8. The molecule has 11 rings (SSSR count). The van der Waals surface area contributed by atoms with Gasteiger partial charge in [0.2, 0.25) is 5.91 Å². The summed E-state index contributed by atoms with van der Waals surface area (Å²) in [5.41, 5.74) is 9.01. The van der Waals surface area contributed by atoms with Gasteiger partial charge >= 0.3 is 57.6 Å². The summed E-state index contributed by atoms with van der Waals surface area (Å²) < 4.78 is 43.6. The third-order valence-corrected chi connectivity index (χ3v) is 16.5. The number of benzene rings is 10. The fraction of sp³-hybridized carbons (Fsp3) is 0.0933. The van der Waals surface area contributed by atoms with E-state index in [9.17, 15) is 99.0 Å². The summed E-state index contributed by atoms with van der Waals surface area (Å²) in [6, 6.07) is 56.7. The molecule has 2 radical (unpaired) electrons. The molecule has 0 saturated heterocycles. The third kappa shape index (κ3) is 35.6. The van der Waals surface area contributed by atoms with Crippen molar-refractivity contribution in [2.45, 2.75) is 33.6 Å². The summed E-state index contributed by atoms with van der Waals surface area (Å²) in [6.45, 7) is 2.92. The number of nitrogens with two attached hydrogens (primary N) is 1. The fourth-order valence-electron chi connectivity index (χ4n) is 9.27. The van der Waals surface area contributed by atoms with Crippen LogP contribution in [0, 0.1) is 60.7 Å². The number of nitro benzene ring substituents is 6. The zero-order valence-corrected chi connectivity index (χ0v) is 74.2. The van der Waals surface area contributed by atoms with Gasteiger partial charge in [-0.25, -0.2) is 30.1 Å². The number of non-ortho nitro benzene ring substituents is 4. The van der Waals surface area contributed by atoms with E-state index in [2.05, 4.69) is 53.1 Å². The van der Waals surface area contributed by atoms with Gasteiger partial charge in [0, 0.05) is 131 Å². The van der Waals surface area contributed by atoms with E-state index in [1.165, 1.54) is 117 Å². The van der Waals surface area contributed by atoms with Crippen molar-refractivity contribution in [3.63, 3.8) is 0 Å². The van der Waals surface area contributed by atoms with Crippen LogP contribution in [0.3, 0.4) is 0 Å². The van der Waals surface area contributed by atoms with Gasteiger partial charge in [-0.1, -0.05) is 75.7 Å². The fourth-order valence-corrected chi connectivity index (χ4v) is 10.4. The molecule has 0 bridgehead atoms. The molecule has 1 aliphatic heterocycles. The normalized spacial score (nSPS) is 10.3. The first-order chi connectivity index (χ1) is 55.0. The molecule has 1 heterocycles. The van der Waals surface area contributed by atoms with Crippen molar-refractivity contribution in [2.75, 3.05) is 24.3 Å². The number of anilines is 2. The number of fused-ring (bicyclic) bond motifs is 1. The van der Waals surface area contributed by atoms with E-state index in [1.54, 1.807) is 60.7 Å². The van der Waals surface area contributed by atoms with Crippen LogP contribution >= 0.6 is 89.5 Å². The molecule has 0 fully saturated rings. The quantitative estimate of drug-likeness (QED) is 0.00633. The number of nitrogen functional groups attached to an aromatic ring is 1. The molecule has 5 N–H and O–H groups in total. The Balaban J connectivity index is 0.000000489. The van der Waals surface area contributed by atoms with E-state index in [1.807, 2.05) is 36.4 Å². The van der Waals surface area contributed by atoms with Gasteiger partial charge in [-0.2, -0.15) is 8.42 Å². The van der Waals surface area contributed by atoms with Crippen LogP contribution in [0.25, 0.3) is 0 Å². The summed E-state index contributed by atoms with van der Waals surface area (Å²) in [7, 11) is 10.2. The minimum absolute atomic E-state index is 0. The predicted octanol–water partition coefficient (Wildman–Crippen LogP) is 17.2. The van der Waals surface area contributed by atoms with Gasteiger partial charge in [0.15, 0.2) is 29.1 Å². The number of carbonyl (C=O) groups excluding carboxylic acids is 8. The summed E-state index contributed by atoms with van der Waals surface area (Å²) in [5.74, 6) is -5.07. The van der Waals surface area contributed by atoms with Gasteiger partial charge in [0.25, 0.3) is 39.4 Å². The van der Waals surface area contributed by atoms with Crippen molar-refractivity contribution in [1.29, 1.82) is 0 Å². The van der Waals surface area contributed by atoms with Crippen molar-refractivity contribution in [3.05, 3.63) is 366 Å². The number of amides is 1. The van der Waals surface area contributed by atoms with Crippen molar-refractivity contribution in [3.8, 4) is 0 Å². The van der Waals surface area contributed by atoms with Crippen molar-refractivity contribution < 1.29 is 94.9 Å². The molecule has 0 aromatic heterocycles. The number of rotatable bonds is 20. The Kier molecular flexibility index (Phi) is 44.9. The summed E-state index contributed by atoms with van der Waals surface area (Å²) in [5, 5.41) is 66.6. The molecule has 0 unspecified atom stereocenters. The standard InChI is InChI=1S/C20H18N2O9.C15H12N2O2.C13H7BrN2O5.C13H8BrNO3.C7H4ClNO3.C6H5Br.CH4.Al.3ClH.H2O4S.Sn.2H/c1-3-30-19(24)17(20(25)31-4-2)15-10-7-13(11-16(15)22(28)29)18(23)12-5-8-14(9-6-12)21(26)27;16-12-5-3-9(4-6-12)15(19)11-2-1-10-8-14(18)17-13(10)7-11;14-11-6-3-9(7-12(11)16(20)21)13(17)8-1-4-10(5-2-8)15(18)19;14-11-5-1-9(2-6-11)13(16)10-3-7-12(8-4-10)15(17)18;8-7(10)5-1-3-6(4-2-5)9(11)12;7-6-4-2-1-3-5-6;;;;;;1-5(2,3)4;;;/h5-11,17H,3-4H2,1-2H3;1-7H,8,16H2,(H,17,18);1-7H;1-8H;1-4H;1-5H;1H4;;3*1H;(H2,1,2,3,4);;;/q;;;;;;;+3;;;;;;;/p-3. The van der Waals surface area contributed by atoms with Gasteiger partial charge < -0.3 is 20.5 Å². The van der Waals surface area contributed by atoms with Gasteiger partial charge in [-0.3, -0.25) is 108 Å². The molecule has 44 heteroatoms. The molecule has 10 aromatic carbocycles. The van der Waals surface area contributed by atoms with Crippen molar-refractivity contribution in [1.82, 2.24) is 0 Å². The Morgan fingerprint density at radius 1 is 0.462 bits per heavy atom. The number of nitrogens with one attached hydrogen (secondary N) is 1. The Morgan fingerprint density at radius 2 is 0.756 bits per heavy atom. The monoisotopic (exact) mass is 2050 g/mol. The van der Waals surface area contributed by atoms with Crippen LogP contribution in [0.4, 0.5) is 45.5 Å². The number of nitrogens with zero attached hydrogens (tertiary/aromatic N) is 6. The SMILES string of the molecule is Brc1ccccc1.C.CCOC(=O)C(C(=O)OCC)c1ccc(C(=O)c2ccc([N+](=O)[O-])cc2)cc1[N+](=O)[O-].Nc1ccc(C(=O)c2ccc3c(c2)NC(=O)C3)cc1.O=C(Cl)c1ccc([N+](=O)[O-])cc1.O=C(c1ccc(Br)cc1)c1ccc([N+](=O)[O-])cc1.O=C(c1ccc([N+](=O)[O-])cc1)c1ccc(Br)c([N+](=O)[O-])c1.O=S(=O)(O)O.[Cl][Al]([Cl])[Cl].[SnH2]. The first-order valence-corrected chi connectivity index (χ1v) is 41.7. The number of ether oxygens (including phenoxy) is 2. The zero-order valence-electron chi connectivity index (χ0n) is 60.4. The summed E-state index contributed by atoms with van der Waals surface area (Å²) in [6.07, 6.45) is 0.381. The van der Waals surface area contributed by atoms with Crippen LogP contribution in [-0.2, 0) is 40.7 Å². The number of hydrogen-bond acceptors (Lipinski definition) is 25. The Morgan fingerprint density at radius 3 is 1.08 bits per heavy atom. The Hall–Kier alpha value is -11.0.